The topological polar surface area (TPSA) is 46.2 Å². The first-order valence-corrected chi connectivity index (χ1v) is 5.93. The van der Waals surface area contributed by atoms with Gasteiger partial charge in [0.15, 0.2) is 0 Å². The molecule has 0 aliphatic rings. The van der Waals surface area contributed by atoms with E-state index in [1.165, 1.54) is 26.2 Å². The van der Waals surface area contributed by atoms with Crippen LogP contribution in [0.1, 0.15) is 58.8 Å². The quantitative estimate of drug-likeness (QED) is 0.598. The Kier molecular flexibility index (Phi) is 9.13. The number of nitrogens with one attached hydrogen (secondary N) is 1. The zero-order valence-corrected chi connectivity index (χ0v) is 9.97. The Hall–Kier alpha value is -0.860. The summed E-state index contributed by atoms with van der Waals surface area (Å²) in [6.07, 6.45) is 6.84. The molecule has 0 heterocycles. The van der Waals surface area contributed by atoms with E-state index in [1.54, 1.807) is 0 Å². The van der Waals surface area contributed by atoms with Crippen LogP contribution in [0.25, 0.3) is 0 Å². The first kappa shape index (κ1) is 14.1. The molecule has 0 radical (unpaired) electrons. The van der Waals surface area contributed by atoms with Crippen LogP contribution in [-0.2, 0) is 9.59 Å². The molecule has 0 bridgehead atoms. The molecular weight excluding hydrogens is 190 g/mol. The molecule has 0 aromatic heterocycles. The predicted molar refractivity (Wildman–Crippen MR) is 61.7 cm³/mol. The van der Waals surface area contributed by atoms with Gasteiger partial charge in [-0.25, -0.2) is 0 Å². The van der Waals surface area contributed by atoms with Crippen LogP contribution in [-0.4, -0.2) is 18.2 Å². The summed E-state index contributed by atoms with van der Waals surface area (Å²) in [7, 11) is 0. The molecular formula is C12H23NO2. The highest BCUT2D eigenvalue weighted by Gasteiger charge is 2.00. The van der Waals surface area contributed by atoms with E-state index in [-0.39, 0.29) is 11.7 Å². The van der Waals surface area contributed by atoms with Crippen LogP contribution < -0.4 is 5.32 Å². The summed E-state index contributed by atoms with van der Waals surface area (Å²) in [6, 6.07) is 0. The van der Waals surface area contributed by atoms with E-state index in [0.29, 0.717) is 19.4 Å². The Balaban J connectivity index is 3.22. The molecule has 0 saturated carbocycles. The van der Waals surface area contributed by atoms with Gasteiger partial charge in [-0.05, 0) is 13.3 Å². The molecule has 15 heavy (non-hydrogen) atoms. The van der Waals surface area contributed by atoms with Gasteiger partial charge in [-0.1, -0.05) is 32.6 Å². The SMILES string of the molecule is CCCCCCCC(=O)NCCC(C)=O. The number of carbonyl (C=O) groups excluding carboxylic acids is 2. The van der Waals surface area contributed by atoms with E-state index < -0.39 is 0 Å². The monoisotopic (exact) mass is 213 g/mol. The predicted octanol–water partition coefficient (Wildman–Crippen LogP) is 2.44. The second-order valence-electron chi connectivity index (χ2n) is 3.97. The van der Waals surface area contributed by atoms with Crippen LogP contribution in [0.2, 0.25) is 0 Å². The fraction of sp³-hybridized carbons (Fsp3) is 0.833. The third-order valence-corrected chi connectivity index (χ3v) is 2.31. The van der Waals surface area contributed by atoms with Gasteiger partial charge in [0.25, 0.3) is 0 Å². The zero-order chi connectivity index (χ0) is 11.5. The van der Waals surface area contributed by atoms with Gasteiger partial charge >= 0.3 is 0 Å². The lowest BCUT2D eigenvalue weighted by Crippen LogP contribution is -2.25. The van der Waals surface area contributed by atoms with Crippen molar-refractivity contribution < 1.29 is 9.59 Å². The highest BCUT2D eigenvalue weighted by molar-refractivity contribution is 5.78. The summed E-state index contributed by atoms with van der Waals surface area (Å²) < 4.78 is 0. The van der Waals surface area contributed by atoms with Crippen molar-refractivity contribution >= 4 is 11.7 Å². The van der Waals surface area contributed by atoms with Crippen molar-refractivity contribution in [2.45, 2.75) is 58.8 Å². The number of Topliss-reactive ketones (excluding diaryl/α,β-unsaturated/α-hetero) is 1. The summed E-state index contributed by atoms with van der Waals surface area (Å²) in [5, 5.41) is 2.75. The van der Waals surface area contributed by atoms with Gasteiger partial charge in [-0.2, -0.15) is 0 Å². The fourth-order valence-corrected chi connectivity index (χ4v) is 1.36. The molecule has 3 heteroatoms. The number of hydrogen-bond donors (Lipinski definition) is 1. The molecule has 0 aromatic carbocycles. The number of amides is 1. The van der Waals surface area contributed by atoms with Crippen LogP contribution in [0, 0.1) is 0 Å². The van der Waals surface area contributed by atoms with Crippen molar-refractivity contribution in [1.29, 1.82) is 0 Å². The highest BCUT2D eigenvalue weighted by Crippen LogP contribution is 2.04. The van der Waals surface area contributed by atoms with Gasteiger partial charge in [0, 0.05) is 19.4 Å². The van der Waals surface area contributed by atoms with E-state index in [0.717, 1.165) is 12.8 Å². The van der Waals surface area contributed by atoms with Crippen LogP contribution in [0.15, 0.2) is 0 Å². The normalized spacial score (nSPS) is 10.0. The molecule has 0 aliphatic heterocycles. The summed E-state index contributed by atoms with van der Waals surface area (Å²) >= 11 is 0. The second-order valence-corrected chi connectivity index (χ2v) is 3.97. The maximum atomic E-state index is 11.2. The van der Waals surface area contributed by atoms with Crippen LogP contribution in [0.5, 0.6) is 0 Å². The van der Waals surface area contributed by atoms with Crippen LogP contribution in [0.4, 0.5) is 0 Å². The van der Waals surface area contributed by atoms with Gasteiger partial charge in [0.2, 0.25) is 5.91 Å². The summed E-state index contributed by atoms with van der Waals surface area (Å²) in [4.78, 5) is 21.8. The first-order valence-electron chi connectivity index (χ1n) is 5.93. The van der Waals surface area contributed by atoms with Crippen LogP contribution in [0.3, 0.4) is 0 Å². The Morgan fingerprint density at radius 2 is 1.67 bits per heavy atom. The van der Waals surface area contributed by atoms with Gasteiger partial charge in [0.1, 0.15) is 5.78 Å². The van der Waals surface area contributed by atoms with Crippen molar-refractivity contribution in [3.05, 3.63) is 0 Å². The first-order chi connectivity index (χ1) is 7.16. The van der Waals surface area contributed by atoms with Crippen LogP contribution >= 0.6 is 0 Å². The van der Waals surface area contributed by atoms with Crippen molar-refractivity contribution in [2.24, 2.45) is 0 Å². The lowest BCUT2D eigenvalue weighted by molar-refractivity contribution is -0.121. The maximum Gasteiger partial charge on any atom is 0.220 e. The lowest BCUT2D eigenvalue weighted by atomic mass is 10.1. The third kappa shape index (κ3) is 11.1. The molecule has 0 unspecified atom stereocenters. The molecule has 0 aliphatic carbocycles. The van der Waals surface area contributed by atoms with E-state index >= 15 is 0 Å². The standard InChI is InChI=1S/C12H23NO2/c1-3-4-5-6-7-8-12(15)13-10-9-11(2)14/h3-10H2,1-2H3,(H,13,15). The molecule has 0 rings (SSSR count). The molecule has 0 saturated heterocycles. The van der Waals surface area contributed by atoms with Crippen molar-refractivity contribution in [2.75, 3.05) is 6.54 Å². The lowest BCUT2D eigenvalue weighted by Gasteiger charge is -2.03. The van der Waals surface area contributed by atoms with Crippen molar-refractivity contribution in [3.8, 4) is 0 Å². The fourth-order valence-electron chi connectivity index (χ4n) is 1.36. The number of unbranched alkanes of at least 4 members (excludes halogenated alkanes) is 4. The summed E-state index contributed by atoms with van der Waals surface area (Å²) in [5.41, 5.74) is 0. The molecule has 0 aromatic rings. The minimum atomic E-state index is 0.0766. The van der Waals surface area contributed by atoms with Gasteiger partial charge in [0.05, 0.1) is 0 Å². The van der Waals surface area contributed by atoms with E-state index in [1.807, 2.05) is 0 Å². The zero-order valence-electron chi connectivity index (χ0n) is 9.97. The van der Waals surface area contributed by atoms with Gasteiger partial charge in [-0.15, -0.1) is 0 Å². The maximum absolute atomic E-state index is 11.2. The molecule has 1 amide bonds. The van der Waals surface area contributed by atoms with Crippen molar-refractivity contribution in [1.82, 2.24) is 5.32 Å². The molecule has 1 N–H and O–H groups in total. The average Bonchev–Trinajstić information content (AvgIpc) is 2.17. The van der Waals surface area contributed by atoms with E-state index in [9.17, 15) is 9.59 Å². The molecule has 88 valence electrons. The number of carbonyl (C=O) groups is 2. The summed E-state index contributed by atoms with van der Waals surface area (Å²) in [5.74, 6) is 0.200. The van der Waals surface area contributed by atoms with Gasteiger partial charge in [-0.3, -0.25) is 9.59 Å². The largest absolute Gasteiger partial charge is 0.356 e. The minimum absolute atomic E-state index is 0.0766. The smallest absolute Gasteiger partial charge is 0.220 e. The number of rotatable bonds is 9. The van der Waals surface area contributed by atoms with Crippen molar-refractivity contribution in [3.63, 3.8) is 0 Å². The highest BCUT2D eigenvalue weighted by atomic mass is 16.1. The summed E-state index contributed by atoms with van der Waals surface area (Å²) in [6.45, 7) is 4.20. The third-order valence-electron chi connectivity index (χ3n) is 2.31. The van der Waals surface area contributed by atoms with E-state index in [4.69, 9.17) is 0 Å². The van der Waals surface area contributed by atoms with E-state index in [2.05, 4.69) is 12.2 Å². The molecule has 3 nitrogen and oxygen atoms in total. The van der Waals surface area contributed by atoms with Gasteiger partial charge < -0.3 is 5.32 Å². The Labute approximate surface area is 92.6 Å². The molecule has 0 atom stereocenters. The molecule has 0 fully saturated rings. The molecule has 0 spiro atoms. The second kappa shape index (κ2) is 9.69. The number of ketones is 1. The number of hydrogen-bond acceptors (Lipinski definition) is 2. The Morgan fingerprint density at radius 1 is 1.00 bits per heavy atom. The minimum Gasteiger partial charge on any atom is -0.356 e. The Morgan fingerprint density at radius 3 is 2.27 bits per heavy atom. The average molecular weight is 213 g/mol. The Bertz CT molecular complexity index is 190.